The quantitative estimate of drug-likeness (QED) is 0.751. The van der Waals surface area contributed by atoms with E-state index in [0.29, 0.717) is 19.6 Å². The van der Waals surface area contributed by atoms with Gasteiger partial charge in [-0.15, -0.1) is 0 Å². The van der Waals surface area contributed by atoms with Gasteiger partial charge in [0.1, 0.15) is 6.10 Å². The molecule has 0 saturated heterocycles. The van der Waals surface area contributed by atoms with Gasteiger partial charge in [0.25, 0.3) is 0 Å². The molecular formula is C20H24N2O4S. The van der Waals surface area contributed by atoms with Gasteiger partial charge in [-0.05, 0) is 30.5 Å². The molecule has 1 aliphatic rings. The largest absolute Gasteiger partial charge is 0.364 e. The van der Waals surface area contributed by atoms with Crippen LogP contribution in [0.25, 0.3) is 0 Å². The van der Waals surface area contributed by atoms with E-state index in [1.165, 1.54) is 4.31 Å². The lowest BCUT2D eigenvalue weighted by molar-refractivity contribution is -0.132. The number of fused-ring (bicyclic) bond motifs is 1. The van der Waals surface area contributed by atoms with Crippen LogP contribution < -0.4 is 9.62 Å². The standard InChI is InChI=1S/C20H24N2O4S/c1-16(26-15-17-7-3-2-4-8-17)20(23)21-12-14-27(24,25)22-13-11-18-9-5-6-10-19(18)22/h2-10,16H,11-15H2,1H3,(H,21,23)/t16-/m1/s1. The number of nitrogens with one attached hydrogen (secondary N) is 1. The number of anilines is 1. The van der Waals surface area contributed by atoms with Crippen molar-refractivity contribution in [2.45, 2.75) is 26.1 Å². The summed E-state index contributed by atoms with van der Waals surface area (Å²) in [5.41, 5.74) is 2.75. The van der Waals surface area contributed by atoms with E-state index in [-0.39, 0.29) is 18.2 Å². The van der Waals surface area contributed by atoms with E-state index in [0.717, 1.165) is 16.8 Å². The summed E-state index contributed by atoms with van der Waals surface area (Å²) in [5, 5.41) is 2.65. The normalized spacial score (nSPS) is 14.6. The Morgan fingerprint density at radius 2 is 1.85 bits per heavy atom. The van der Waals surface area contributed by atoms with Gasteiger partial charge in [0, 0.05) is 13.1 Å². The average molecular weight is 388 g/mol. The topological polar surface area (TPSA) is 75.7 Å². The highest BCUT2D eigenvalue weighted by Gasteiger charge is 2.28. The van der Waals surface area contributed by atoms with Gasteiger partial charge in [-0.1, -0.05) is 48.5 Å². The monoisotopic (exact) mass is 388 g/mol. The molecular weight excluding hydrogens is 364 g/mol. The summed E-state index contributed by atoms with van der Waals surface area (Å²) < 4.78 is 32.2. The van der Waals surface area contributed by atoms with Crippen molar-refractivity contribution < 1.29 is 17.9 Å². The van der Waals surface area contributed by atoms with Crippen LogP contribution in [0, 0.1) is 0 Å². The summed E-state index contributed by atoms with van der Waals surface area (Å²) in [6, 6.07) is 17.1. The molecule has 1 N–H and O–H groups in total. The van der Waals surface area contributed by atoms with Crippen LogP contribution in [0.1, 0.15) is 18.1 Å². The molecule has 0 saturated carbocycles. The van der Waals surface area contributed by atoms with Crippen LogP contribution in [0.15, 0.2) is 54.6 Å². The van der Waals surface area contributed by atoms with Crippen molar-refractivity contribution in [2.24, 2.45) is 0 Å². The molecule has 0 aromatic heterocycles. The Morgan fingerprint density at radius 1 is 1.15 bits per heavy atom. The fourth-order valence-corrected chi connectivity index (χ4v) is 4.45. The van der Waals surface area contributed by atoms with Gasteiger partial charge >= 0.3 is 0 Å². The number of carbonyl (C=O) groups is 1. The van der Waals surface area contributed by atoms with E-state index < -0.39 is 16.1 Å². The molecule has 0 spiro atoms. The third kappa shape index (κ3) is 4.87. The molecule has 27 heavy (non-hydrogen) atoms. The van der Waals surface area contributed by atoms with E-state index in [1.807, 2.05) is 54.6 Å². The Hall–Kier alpha value is -2.38. The lowest BCUT2D eigenvalue weighted by atomic mass is 10.2. The Labute approximate surface area is 160 Å². The number of hydrogen-bond donors (Lipinski definition) is 1. The maximum Gasteiger partial charge on any atom is 0.248 e. The van der Waals surface area contributed by atoms with Gasteiger partial charge in [-0.25, -0.2) is 8.42 Å². The van der Waals surface area contributed by atoms with Gasteiger partial charge in [0.05, 0.1) is 18.0 Å². The molecule has 6 nitrogen and oxygen atoms in total. The summed E-state index contributed by atoms with van der Waals surface area (Å²) in [7, 11) is -3.47. The summed E-state index contributed by atoms with van der Waals surface area (Å²) in [6.07, 6.45) is 0.0620. The van der Waals surface area contributed by atoms with E-state index in [9.17, 15) is 13.2 Å². The molecule has 3 rings (SSSR count). The summed E-state index contributed by atoms with van der Waals surface area (Å²) in [6.45, 7) is 2.49. The second-order valence-corrected chi connectivity index (χ2v) is 8.51. The molecule has 2 aromatic rings. The number of carbonyl (C=O) groups excluding carboxylic acids is 1. The molecule has 0 aliphatic carbocycles. The number of sulfonamides is 1. The first-order valence-corrected chi connectivity index (χ1v) is 10.6. The van der Waals surface area contributed by atoms with E-state index in [2.05, 4.69) is 5.32 Å². The number of nitrogens with zero attached hydrogens (tertiary/aromatic N) is 1. The van der Waals surface area contributed by atoms with Gasteiger partial charge in [0.2, 0.25) is 15.9 Å². The Morgan fingerprint density at radius 3 is 2.63 bits per heavy atom. The van der Waals surface area contributed by atoms with Crippen molar-refractivity contribution in [1.82, 2.24) is 5.32 Å². The van der Waals surface area contributed by atoms with Crippen LogP contribution >= 0.6 is 0 Å². The highest BCUT2D eigenvalue weighted by Crippen LogP contribution is 2.29. The van der Waals surface area contributed by atoms with Crippen LogP contribution in [0.5, 0.6) is 0 Å². The molecule has 0 radical (unpaired) electrons. The van der Waals surface area contributed by atoms with Gasteiger partial charge in [-0.3, -0.25) is 9.10 Å². The first-order chi connectivity index (χ1) is 13.0. The lowest BCUT2D eigenvalue weighted by Crippen LogP contribution is -2.40. The average Bonchev–Trinajstić information content (AvgIpc) is 3.12. The van der Waals surface area contributed by atoms with Crippen molar-refractivity contribution in [2.75, 3.05) is 23.1 Å². The molecule has 1 aliphatic heterocycles. The van der Waals surface area contributed by atoms with Gasteiger partial charge in [0.15, 0.2) is 0 Å². The third-order valence-corrected chi connectivity index (χ3v) is 6.32. The molecule has 0 unspecified atom stereocenters. The zero-order chi connectivity index (χ0) is 19.3. The Kier molecular flexibility index (Phi) is 6.13. The number of amides is 1. The van der Waals surface area contributed by atoms with Crippen molar-refractivity contribution in [1.29, 1.82) is 0 Å². The Bertz CT molecular complexity index is 884. The SMILES string of the molecule is C[C@@H](OCc1ccccc1)C(=O)NCCS(=O)(=O)N1CCc2ccccc21. The van der Waals surface area contributed by atoms with Gasteiger partial charge in [-0.2, -0.15) is 0 Å². The van der Waals surface area contributed by atoms with Crippen molar-refractivity contribution >= 4 is 21.6 Å². The van der Waals surface area contributed by atoms with Crippen LogP contribution in [-0.4, -0.2) is 39.3 Å². The number of para-hydroxylation sites is 1. The number of rotatable bonds is 8. The fraction of sp³-hybridized carbons (Fsp3) is 0.350. The first-order valence-electron chi connectivity index (χ1n) is 8.99. The second kappa shape index (κ2) is 8.54. The maximum atomic E-state index is 12.6. The molecule has 144 valence electrons. The second-order valence-electron chi connectivity index (χ2n) is 6.50. The van der Waals surface area contributed by atoms with E-state index in [1.54, 1.807) is 6.92 Å². The van der Waals surface area contributed by atoms with E-state index >= 15 is 0 Å². The molecule has 7 heteroatoms. The maximum absolute atomic E-state index is 12.6. The number of hydrogen-bond acceptors (Lipinski definition) is 4. The van der Waals surface area contributed by atoms with Crippen LogP contribution in [0.4, 0.5) is 5.69 Å². The predicted octanol–water partition coefficient (Wildman–Crippen LogP) is 2.10. The van der Waals surface area contributed by atoms with Crippen LogP contribution in [-0.2, 0) is 32.6 Å². The zero-order valence-electron chi connectivity index (χ0n) is 15.3. The van der Waals surface area contributed by atoms with Crippen LogP contribution in [0.3, 0.4) is 0 Å². The Balaban J connectivity index is 1.46. The van der Waals surface area contributed by atoms with Crippen LogP contribution in [0.2, 0.25) is 0 Å². The molecule has 1 amide bonds. The zero-order valence-corrected chi connectivity index (χ0v) is 16.1. The number of ether oxygens (including phenoxy) is 1. The minimum absolute atomic E-state index is 0.0544. The smallest absolute Gasteiger partial charge is 0.248 e. The molecule has 1 heterocycles. The fourth-order valence-electron chi connectivity index (χ4n) is 3.03. The lowest BCUT2D eigenvalue weighted by Gasteiger charge is -2.20. The predicted molar refractivity (Wildman–Crippen MR) is 105 cm³/mol. The summed E-state index contributed by atoms with van der Waals surface area (Å²) >= 11 is 0. The summed E-state index contributed by atoms with van der Waals surface area (Å²) in [4.78, 5) is 12.1. The highest BCUT2D eigenvalue weighted by molar-refractivity contribution is 7.92. The van der Waals surface area contributed by atoms with E-state index in [4.69, 9.17) is 4.74 Å². The molecule has 2 aromatic carbocycles. The first kappa shape index (κ1) is 19.4. The van der Waals surface area contributed by atoms with Crippen molar-refractivity contribution in [3.8, 4) is 0 Å². The minimum atomic E-state index is -3.47. The van der Waals surface area contributed by atoms with Crippen molar-refractivity contribution in [3.63, 3.8) is 0 Å². The van der Waals surface area contributed by atoms with Crippen molar-refractivity contribution in [3.05, 3.63) is 65.7 Å². The molecule has 0 bridgehead atoms. The highest BCUT2D eigenvalue weighted by atomic mass is 32.2. The minimum Gasteiger partial charge on any atom is -0.364 e. The number of benzene rings is 2. The third-order valence-electron chi connectivity index (χ3n) is 4.55. The van der Waals surface area contributed by atoms with Gasteiger partial charge < -0.3 is 10.1 Å². The molecule has 1 atom stereocenters. The summed E-state index contributed by atoms with van der Waals surface area (Å²) in [5.74, 6) is -0.457. The molecule has 0 fully saturated rings.